The first-order valence-electron chi connectivity index (χ1n) is 21.1. The molecule has 13 heteroatoms. The van der Waals surface area contributed by atoms with Gasteiger partial charge in [0.05, 0.1) is 0 Å². The zero-order valence-electron chi connectivity index (χ0n) is 36.0. The maximum atomic E-state index is 14.2. The summed E-state index contributed by atoms with van der Waals surface area (Å²) in [6.45, 7) is 13.4. The molecule has 2 saturated heterocycles. The standard InChI is InChI=1S/C47H61N5O7Si/c1-8-47(7)45(58)50-39(31-34-26-28-35(29-27-34)48-33(3)53)44(57)52-30-18-24-40(52)43(56)49-38(42(55)51-47)23-16-11-17-25-41(54)32(2)59-60(46(4,5)6,36-19-12-9-13-20-36)37-21-14-10-15-22-37/h9-10,12-15,17,19-22,25-29,32,38-40H,8,11,16,18,23-24,30-31H2,1-7H3,(H,48,53)(H,49,56)(H,50,58)(H,51,55)/b25-17+/t32-,38-,39-,40+,47-/m0/s1. The number of rotatable bonds is 14. The number of fused-ring (bicyclic) bond motifs is 1. The molecule has 2 fully saturated rings. The average Bonchev–Trinajstić information content (AvgIpc) is 3.72. The van der Waals surface area contributed by atoms with E-state index >= 15 is 0 Å². The number of amides is 5. The highest BCUT2D eigenvalue weighted by Crippen LogP contribution is 2.37. The Morgan fingerprint density at radius 3 is 2.10 bits per heavy atom. The summed E-state index contributed by atoms with van der Waals surface area (Å²) < 4.78 is 6.98. The van der Waals surface area contributed by atoms with E-state index in [-0.39, 0.29) is 41.9 Å². The molecule has 5 atom stereocenters. The predicted octanol–water partition coefficient (Wildman–Crippen LogP) is 4.71. The van der Waals surface area contributed by atoms with Crippen molar-refractivity contribution in [2.24, 2.45) is 0 Å². The van der Waals surface area contributed by atoms with E-state index in [0.29, 0.717) is 37.9 Å². The molecule has 2 heterocycles. The highest BCUT2D eigenvalue weighted by molar-refractivity contribution is 6.99. The molecular formula is C47H61N5O7Si. The number of nitrogens with zero attached hydrogens (tertiary/aromatic N) is 1. The number of hydrogen-bond donors (Lipinski definition) is 4. The maximum Gasteiger partial charge on any atom is 0.262 e. The second kappa shape index (κ2) is 19.8. The number of anilines is 1. The lowest BCUT2D eigenvalue weighted by molar-refractivity contribution is -0.144. The minimum atomic E-state index is -2.96. The lowest BCUT2D eigenvalue weighted by atomic mass is 9.94. The molecule has 5 amide bonds. The van der Waals surface area contributed by atoms with Crippen LogP contribution in [0.5, 0.6) is 0 Å². The SMILES string of the molecule is CC[C@]1(C)NC(=O)[C@H](CCC/C=C/C(=O)[C@H](C)O[Si](c2ccccc2)(c2ccccc2)C(C)(C)C)NC(=O)[C@H]2CCCN2C(=O)[C@H](Cc2ccc(NC(C)=O)cc2)NC1=O. The minimum Gasteiger partial charge on any atom is -0.397 e. The Morgan fingerprint density at radius 1 is 0.917 bits per heavy atom. The van der Waals surface area contributed by atoms with Crippen molar-refractivity contribution in [3.05, 3.63) is 103 Å². The van der Waals surface area contributed by atoms with Gasteiger partial charge in [0.1, 0.15) is 29.8 Å². The monoisotopic (exact) mass is 835 g/mol. The Balaban J connectivity index is 1.28. The molecule has 0 spiro atoms. The molecule has 0 unspecified atom stereocenters. The number of nitrogens with one attached hydrogen (secondary N) is 4. The van der Waals surface area contributed by atoms with Gasteiger partial charge in [-0.2, -0.15) is 0 Å². The second-order valence-electron chi connectivity index (χ2n) is 17.2. The Labute approximate surface area is 355 Å². The Kier molecular flexibility index (Phi) is 15.1. The number of hydrogen-bond acceptors (Lipinski definition) is 7. The summed E-state index contributed by atoms with van der Waals surface area (Å²) in [5.74, 6) is -2.20. The van der Waals surface area contributed by atoms with Crippen LogP contribution in [0.1, 0.15) is 92.6 Å². The topological polar surface area (TPSA) is 163 Å². The van der Waals surface area contributed by atoms with Gasteiger partial charge in [-0.15, -0.1) is 0 Å². The fourth-order valence-corrected chi connectivity index (χ4v) is 12.8. The first-order valence-corrected chi connectivity index (χ1v) is 23.0. The van der Waals surface area contributed by atoms with Crippen molar-refractivity contribution in [3.63, 3.8) is 0 Å². The zero-order chi connectivity index (χ0) is 43.7. The van der Waals surface area contributed by atoms with E-state index in [1.54, 1.807) is 51.1 Å². The van der Waals surface area contributed by atoms with Crippen LogP contribution < -0.4 is 31.6 Å². The van der Waals surface area contributed by atoms with Gasteiger partial charge >= 0.3 is 0 Å². The van der Waals surface area contributed by atoms with Crippen molar-refractivity contribution >= 4 is 59.7 Å². The number of benzene rings is 3. The van der Waals surface area contributed by atoms with Crippen LogP contribution in [0.3, 0.4) is 0 Å². The third-order valence-corrected chi connectivity index (χ3v) is 16.8. The molecular weight excluding hydrogens is 775 g/mol. The molecule has 2 aliphatic rings. The van der Waals surface area contributed by atoms with Gasteiger partial charge in [0.15, 0.2) is 5.78 Å². The van der Waals surface area contributed by atoms with Gasteiger partial charge in [-0.3, -0.25) is 28.8 Å². The van der Waals surface area contributed by atoms with Crippen LogP contribution in [0.25, 0.3) is 0 Å². The van der Waals surface area contributed by atoms with E-state index in [0.717, 1.165) is 15.9 Å². The molecule has 5 rings (SSSR count). The molecule has 320 valence electrons. The van der Waals surface area contributed by atoms with Crippen LogP contribution in [0.15, 0.2) is 97.1 Å². The Hall–Kier alpha value is -5.40. The molecule has 3 aromatic carbocycles. The van der Waals surface area contributed by atoms with Gasteiger partial charge in [0.2, 0.25) is 29.5 Å². The van der Waals surface area contributed by atoms with Crippen molar-refractivity contribution in [2.75, 3.05) is 11.9 Å². The number of ketones is 1. The minimum absolute atomic E-state index is 0.145. The van der Waals surface area contributed by atoms with Gasteiger partial charge in [-0.1, -0.05) is 107 Å². The molecule has 3 aromatic rings. The Morgan fingerprint density at radius 2 is 1.53 bits per heavy atom. The quantitative estimate of drug-likeness (QED) is 0.104. The second-order valence-corrected chi connectivity index (χ2v) is 21.4. The first-order chi connectivity index (χ1) is 28.5. The number of unbranched alkanes of at least 4 members (excludes halogenated alkanes) is 1. The smallest absolute Gasteiger partial charge is 0.262 e. The summed E-state index contributed by atoms with van der Waals surface area (Å²) in [6, 6.07) is 24.5. The van der Waals surface area contributed by atoms with Gasteiger partial charge in [0, 0.05) is 25.6 Å². The van der Waals surface area contributed by atoms with Gasteiger partial charge < -0.3 is 30.6 Å². The maximum absolute atomic E-state index is 14.2. The first kappa shape index (κ1) is 45.7. The fourth-order valence-electron chi connectivity index (χ4n) is 8.17. The summed E-state index contributed by atoms with van der Waals surface area (Å²) in [4.78, 5) is 82.6. The van der Waals surface area contributed by atoms with Crippen LogP contribution in [-0.2, 0) is 39.6 Å². The zero-order valence-corrected chi connectivity index (χ0v) is 37.0. The van der Waals surface area contributed by atoms with E-state index in [1.807, 2.05) is 36.4 Å². The summed E-state index contributed by atoms with van der Waals surface area (Å²) in [7, 11) is -2.96. The highest BCUT2D eigenvalue weighted by Gasteiger charge is 2.51. The molecule has 0 aromatic heterocycles. The third-order valence-electron chi connectivity index (χ3n) is 11.7. The molecule has 0 radical (unpaired) electrons. The molecule has 12 nitrogen and oxygen atoms in total. The largest absolute Gasteiger partial charge is 0.397 e. The lowest BCUT2D eigenvalue weighted by Gasteiger charge is -2.44. The van der Waals surface area contributed by atoms with E-state index in [4.69, 9.17) is 4.43 Å². The van der Waals surface area contributed by atoms with Gasteiger partial charge in [0.25, 0.3) is 8.32 Å². The van der Waals surface area contributed by atoms with E-state index in [9.17, 15) is 28.8 Å². The number of allylic oxidation sites excluding steroid dienone is 1. The fraction of sp³-hybridized carbons (Fsp3) is 0.447. The van der Waals surface area contributed by atoms with Crippen molar-refractivity contribution < 1.29 is 33.2 Å². The molecule has 60 heavy (non-hydrogen) atoms. The van der Waals surface area contributed by atoms with Crippen molar-refractivity contribution in [1.82, 2.24) is 20.9 Å². The summed E-state index contributed by atoms with van der Waals surface area (Å²) in [5.41, 5.74) is -0.0389. The summed E-state index contributed by atoms with van der Waals surface area (Å²) in [6.07, 6.45) is 5.11. The van der Waals surface area contributed by atoms with E-state index in [1.165, 1.54) is 17.9 Å². The summed E-state index contributed by atoms with van der Waals surface area (Å²) >= 11 is 0. The molecule has 4 N–H and O–H groups in total. The molecule has 0 saturated carbocycles. The van der Waals surface area contributed by atoms with Crippen LogP contribution in [-0.4, -0.2) is 84.8 Å². The Bertz CT molecular complexity index is 2000. The third kappa shape index (κ3) is 10.7. The van der Waals surface area contributed by atoms with Crippen LogP contribution in [0.2, 0.25) is 5.04 Å². The van der Waals surface area contributed by atoms with Crippen LogP contribution >= 0.6 is 0 Å². The van der Waals surface area contributed by atoms with Crippen molar-refractivity contribution in [1.29, 1.82) is 0 Å². The van der Waals surface area contributed by atoms with E-state index in [2.05, 4.69) is 66.3 Å². The average molecular weight is 836 g/mol. The highest BCUT2D eigenvalue weighted by atomic mass is 28.4. The van der Waals surface area contributed by atoms with Gasteiger partial charge in [-0.05, 0) is 91.6 Å². The number of carbonyl (C=O) groups is 6. The number of carbonyl (C=O) groups excluding carboxylic acids is 6. The van der Waals surface area contributed by atoms with Crippen molar-refractivity contribution in [3.8, 4) is 0 Å². The van der Waals surface area contributed by atoms with Crippen molar-refractivity contribution in [2.45, 2.75) is 128 Å². The van der Waals surface area contributed by atoms with E-state index < -0.39 is 55.8 Å². The lowest BCUT2D eigenvalue weighted by Crippen LogP contribution is -2.68. The van der Waals surface area contributed by atoms with Crippen LogP contribution in [0, 0.1) is 0 Å². The molecule has 2 aliphatic heterocycles. The normalized spacial score (nSPS) is 22.2. The summed E-state index contributed by atoms with van der Waals surface area (Å²) in [5, 5.41) is 13.3. The van der Waals surface area contributed by atoms with Crippen LogP contribution in [0.4, 0.5) is 5.69 Å². The molecule has 0 aliphatic carbocycles. The molecule has 0 bridgehead atoms. The predicted molar refractivity (Wildman–Crippen MR) is 236 cm³/mol. The van der Waals surface area contributed by atoms with Gasteiger partial charge in [-0.25, -0.2) is 0 Å².